The van der Waals surface area contributed by atoms with E-state index in [1.54, 1.807) is 44.2 Å². The second-order valence-electron chi connectivity index (χ2n) is 10.8. The Bertz CT molecular complexity index is 2080. The number of nitriles is 1. The van der Waals surface area contributed by atoms with E-state index in [1.165, 1.54) is 15.9 Å². The van der Waals surface area contributed by atoms with Gasteiger partial charge in [0, 0.05) is 11.1 Å². The van der Waals surface area contributed by atoms with Gasteiger partial charge in [0.2, 0.25) is 0 Å². The molecule has 242 valence electrons. The molecule has 0 spiro atoms. The van der Waals surface area contributed by atoms with Crippen molar-refractivity contribution in [3.8, 4) is 23.3 Å². The van der Waals surface area contributed by atoms with E-state index >= 15 is 0 Å². The fourth-order valence-electron chi connectivity index (χ4n) is 5.28. The molecule has 1 aliphatic heterocycles. The van der Waals surface area contributed by atoms with Crippen LogP contribution in [0.3, 0.4) is 0 Å². The Kier molecular flexibility index (Phi) is 10.5. The van der Waals surface area contributed by atoms with E-state index in [0.29, 0.717) is 61.1 Å². The molecule has 1 atom stereocenters. The van der Waals surface area contributed by atoms with Crippen molar-refractivity contribution in [3.63, 3.8) is 0 Å². The van der Waals surface area contributed by atoms with Crippen LogP contribution in [0.25, 0.3) is 6.08 Å². The Morgan fingerprint density at radius 3 is 2.55 bits per heavy atom. The second kappa shape index (κ2) is 14.7. The van der Waals surface area contributed by atoms with Gasteiger partial charge in [0.25, 0.3) is 5.56 Å². The van der Waals surface area contributed by atoms with Gasteiger partial charge in [-0.05, 0) is 70.5 Å². The number of rotatable bonds is 11. The van der Waals surface area contributed by atoms with E-state index in [9.17, 15) is 14.9 Å². The summed E-state index contributed by atoms with van der Waals surface area (Å²) in [5.41, 5.74) is 2.86. The van der Waals surface area contributed by atoms with Crippen LogP contribution in [0.15, 0.2) is 81.7 Å². The van der Waals surface area contributed by atoms with Crippen LogP contribution >= 0.6 is 22.9 Å². The fourth-order valence-corrected chi connectivity index (χ4v) is 6.60. The molecule has 0 radical (unpaired) electrons. The number of fused-ring (bicyclic) bond motifs is 1. The van der Waals surface area contributed by atoms with Gasteiger partial charge >= 0.3 is 5.97 Å². The normalized spacial score (nSPS) is 14.3. The lowest BCUT2D eigenvalue weighted by molar-refractivity contribution is -0.139. The zero-order valence-corrected chi connectivity index (χ0v) is 28.3. The lowest BCUT2D eigenvalue weighted by Gasteiger charge is -2.26. The summed E-state index contributed by atoms with van der Waals surface area (Å²) >= 11 is 7.92. The van der Waals surface area contributed by atoms with Crippen LogP contribution in [0.5, 0.6) is 17.2 Å². The fraction of sp³-hybridized carbons (Fsp3) is 0.278. The van der Waals surface area contributed by atoms with Crippen molar-refractivity contribution in [1.29, 1.82) is 5.26 Å². The van der Waals surface area contributed by atoms with Crippen molar-refractivity contribution < 1.29 is 23.7 Å². The van der Waals surface area contributed by atoms with Crippen LogP contribution in [0.1, 0.15) is 62.9 Å². The van der Waals surface area contributed by atoms with Gasteiger partial charge in [-0.3, -0.25) is 9.36 Å². The third-order valence-electron chi connectivity index (χ3n) is 7.23. The molecule has 2 heterocycles. The first-order chi connectivity index (χ1) is 22.7. The zero-order valence-electron chi connectivity index (χ0n) is 26.7. The Hall–Kier alpha value is -4.85. The van der Waals surface area contributed by atoms with E-state index in [-0.39, 0.29) is 35.5 Å². The Labute approximate surface area is 281 Å². The molecule has 5 rings (SSSR count). The molecule has 0 amide bonds. The minimum absolute atomic E-state index is 0.117. The Balaban J connectivity index is 1.62. The second-order valence-corrected chi connectivity index (χ2v) is 12.2. The van der Waals surface area contributed by atoms with Crippen molar-refractivity contribution in [2.45, 2.75) is 53.4 Å². The molecule has 11 heteroatoms. The molecule has 47 heavy (non-hydrogen) atoms. The molecule has 0 bridgehead atoms. The number of thiazole rings is 1. The van der Waals surface area contributed by atoms with Gasteiger partial charge in [-0.25, -0.2) is 9.79 Å². The number of allylic oxidation sites excluding steroid dienone is 1. The standard InChI is InChI=1S/C36H34ClN3O6S/c1-6-43-29-17-23(16-27(37)33(29)45-20-25-13-9-8-12-24(25)19-38)18-30-34(41)40-32(26-14-10-11-15-28(26)46-21(3)4)31(35(42)44-7-2)22(5)39-36(40)47-30/h8-18,21,32H,6-7,20H2,1-5H3/b30-18+/t32-/m1/s1. The van der Waals surface area contributed by atoms with E-state index in [4.69, 9.17) is 30.5 Å². The number of para-hydroxylation sites is 1. The average molecular weight is 672 g/mol. The quantitative estimate of drug-likeness (QED) is 0.178. The lowest BCUT2D eigenvalue weighted by atomic mass is 9.95. The maximum absolute atomic E-state index is 14.2. The van der Waals surface area contributed by atoms with Gasteiger partial charge in [0.15, 0.2) is 16.3 Å². The van der Waals surface area contributed by atoms with Crippen LogP contribution in [0, 0.1) is 11.3 Å². The van der Waals surface area contributed by atoms with Crippen LogP contribution < -0.4 is 29.1 Å². The number of hydrogen-bond donors (Lipinski definition) is 0. The molecule has 9 nitrogen and oxygen atoms in total. The van der Waals surface area contributed by atoms with Crippen molar-refractivity contribution in [2.24, 2.45) is 4.99 Å². The molecule has 0 aliphatic carbocycles. The van der Waals surface area contributed by atoms with Gasteiger partial charge in [-0.2, -0.15) is 5.26 Å². The highest BCUT2D eigenvalue weighted by molar-refractivity contribution is 7.07. The van der Waals surface area contributed by atoms with E-state index in [0.717, 1.165) is 0 Å². The summed E-state index contributed by atoms with van der Waals surface area (Å²) in [6.45, 7) is 9.79. The maximum atomic E-state index is 14.2. The average Bonchev–Trinajstić information content (AvgIpc) is 3.34. The lowest BCUT2D eigenvalue weighted by Crippen LogP contribution is -2.40. The number of nitrogens with zero attached hydrogens (tertiary/aromatic N) is 3. The van der Waals surface area contributed by atoms with Crippen LogP contribution in [-0.2, 0) is 16.1 Å². The number of carbonyl (C=O) groups excluding carboxylic acids is 1. The highest BCUT2D eigenvalue weighted by Crippen LogP contribution is 2.38. The zero-order chi connectivity index (χ0) is 33.7. The number of ether oxygens (including phenoxy) is 4. The number of aromatic nitrogens is 1. The van der Waals surface area contributed by atoms with Gasteiger partial charge in [0.05, 0.1) is 51.8 Å². The summed E-state index contributed by atoms with van der Waals surface area (Å²) in [4.78, 5) is 32.6. The third kappa shape index (κ3) is 7.12. The molecule has 1 aliphatic rings. The van der Waals surface area contributed by atoms with E-state index in [1.807, 2.05) is 57.2 Å². The number of halogens is 1. The van der Waals surface area contributed by atoms with Crippen molar-refractivity contribution in [3.05, 3.63) is 119 Å². The predicted octanol–water partition coefficient (Wildman–Crippen LogP) is 6.09. The monoisotopic (exact) mass is 671 g/mol. The summed E-state index contributed by atoms with van der Waals surface area (Å²) in [5.74, 6) is 0.732. The highest BCUT2D eigenvalue weighted by atomic mass is 35.5. The predicted molar refractivity (Wildman–Crippen MR) is 181 cm³/mol. The largest absolute Gasteiger partial charge is 0.491 e. The van der Waals surface area contributed by atoms with Gasteiger partial charge in [-0.1, -0.05) is 59.3 Å². The molecule has 0 saturated carbocycles. The molecule has 0 fully saturated rings. The molecule has 0 saturated heterocycles. The van der Waals surface area contributed by atoms with Crippen LogP contribution in [0.4, 0.5) is 0 Å². The third-order valence-corrected chi connectivity index (χ3v) is 8.50. The van der Waals surface area contributed by atoms with Gasteiger partial charge in [-0.15, -0.1) is 0 Å². The molecule has 0 unspecified atom stereocenters. The van der Waals surface area contributed by atoms with Crippen molar-refractivity contribution in [2.75, 3.05) is 13.2 Å². The molecule has 0 N–H and O–H groups in total. The van der Waals surface area contributed by atoms with E-state index < -0.39 is 12.0 Å². The molecule has 4 aromatic rings. The Morgan fingerprint density at radius 1 is 1.09 bits per heavy atom. The minimum atomic E-state index is -0.822. The molecular weight excluding hydrogens is 638 g/mol. The molecular formula is C36H34ClN3O6S. The van der Waals surface area contributed by atoms with Gasteiger partial charge < -0.3 is 18.9 Å². The summed E-state index contributed by atoms with van der Waals surface area (Å²) < 4.78 is 25.4. The van der Waals surface area contributed by atoms with E-state index in [2.05, 4.69) is 11.1 Å². The topological polar surface area (TPSA) is 112 Å². The van der Waals surface area contributed by atoms with Crippen LogP contribution in [-0.4, -0.2) is 29.9 Å². The minimum Gasteiger partial charge on any atom is -0.491 e. The Morgan fingerprint density at radius 2 is 1.83 bits per heavy atom. The maximum Gasteiger partial charge on any atom is 0.338 e. The molecule has 1 aromatic heterocycles. The molecule has 3 aromatic carbocycles. The smallest absolute Gasteiger partial charge is 0.338 e. The first kappa shape index (κ1) is 33.5. The number of benzene rings is 3. The first-order valence-corrected chi connectivity index (χ1v) is 16.4. The SMILES string of the molecule is CCOC(=O)C1=C(C)N=c2s/c(=C/c3cc(Cl)c(OCc4ccccc4C#N)c(OCC)c3)c(=O)n2[C@@H]1c1ccccc1OC(C)C. The van der Waals surface area contributed by atoms with Gasteiger partial charge in [0.1, 0.15) is 18.4 Å². The van der Waals surface area contributed by atoms with Crippen molar-refractivity contribution >= 4 is 35.0 Å². The summed E-state index contributed by atoms with van der Waals surface area (Å²) in [6.07, 6.45) is 1.57. The van der Waals surface area contributed by atoms with Crippen molar-refractivity contribution in [1.82, 2.24) is 4.57 Å². The number of carbonyl (C=O) groups is 1. The number of esters is 1. The summed E-state index contributed by atoms with van der Waals surface area (Å²) in [7, 11) is 0. The van der Waals surface area contributed by atoms with Crippen LogP contribution in [0.2, 0.25) is 5.02 Å². The highest BCUT2D eigenvalue weighted by Gasteiger charge is 2.35. The first-order valence-electron chi connectivity index (χ1n) is 15.2. The summed E-state index contributed by atoms with van der Waals surface area (Å²) in [5, 5.41) is 9.73. The number of hydrogen-bond acceptors (Lipinski definition) is 9. The summed E-state index contributed by atoms with van der Waals surface area (Å²) in [6, 6.07) is 19.3.